The Balaban J connectivity index is 2.07. The molecule has 0 fully saturated rings. The molecule has 2 heterocycles. The maximum atomic E-state index is 5.56. The van der Waals surface area contributed by atoms with Crippen LogP contribution in [0.15, 0.2) is 12.4 Å². The third-order valence-corrected chi connectivity index (χ3v) is 2.23. The van der Waals surface area contributed by atoms with Gasteiger partial charge < -0.3 is 21.4 Å². The SMILES string of the molecule is CCn1cnnc1CNc1cc(N)nc(N)n1. The largest absolute Gasteiger partial charge is 0.383 e. The molecule has 0 aliphatic rings. The highest BCUT2D eigenvalue weighted by atomic mass is 15.3. The summed E-state index contributed by atoms with van der Waals surface area (Å²) >= 11 is 0. The number of rotatable bonds is 4. The highest BCUT2D eigenvalue weighted by Gasteiger charge is 2.04. The molecule has 17 heavy (non-hydrogen) atoms. The van der Waals surface area contributed by atoms with Gasteiger partial charge in [0, 0.05) is 12.6 Å². The predicted molar refractivity (Wildman–Crippen MR) is 63.9 cm³/mol. The fraction of sp³-hybridized carbons (Fsp3) is 0.333. The second-order valence-electron chi connectivity index (χ2n) is 3.42. The molecule has 2 aromatic heterocycles. The van der Waals surface area contributed by atoms with Crippen molar-refractivity contribution >= 4 is 17.6 Å². The van der Waals surface area contributed by atoms with Crippen LogP contribution in [0.2, 0.25) is 0 Å². The number of nitrogens with two attached hydrogens (primary N) is 2. The molecule has 0 unspecified atom stereocenters. The zero-order valence-electron chi connectivity index (χ0n) is 9.46. The van der Waals surface area contributed by atoms with E-state index in [1.54, 1.807) is 12.4 Å². The number of aryl methyl sites for hydroxylation is 1. The summed E-state index contributed by atoms with van der Waals surface area (Å²) in [6, 6.07) is 1.61. The van der Waals surface area contributed by atoms with Crippen LogP contribution in [0.4, 0.5) is 17.6 Å². The van der Waals surface area contributed by atoms with Crippen LogP contribution in [-0.2, 0) is 13.1 Å². The first-order chi connectivity index (χ1) is 8.19. The summed E-state index contributed by atoms with van der Waals surface area (Å²) in [6.45, 7) is 3.34. The van der Waals surface area contributed by atoms with Gasteiger partial charge in [-0.05, 0) is 6.92 Å². The Labute approximate surface area is 98.1 Å². The number of aromatic nitrogens is 5. The normalized spacial score (nSPS) is 10.4. The first-order valence-electron chi connectivity index (χ1n) is 5.19. The number of nitrogen functional groups attached to an aromatic ring is 2. The Morgan fingerprint density at radius 1 is 1.35 bits per heavy atom. The van der Waals surface area contributed by atoms with Gasteiger partial charge in [-0.1, -0.05) is 0 Å². The van der Waals surface area contributed by atoms with Crippen LogP contribution < -0.4 is 16.8 Å². The van der Waals surface area contributed by atoms with E-state index in [1.807, 2.05) is 11.5 Å². The quantitative estimate of drug-likeness (QED) is 0.673. The molecule has 90 valence electrons. The van der Waals surface area contributed by atoms with Gasteiger partial charge in [0.1, 0.15) is 18.0 Å². The monoisotopic (exact) mass is 234 g/mol. The van der Waals surface area contributed by atoms with Crippen LogP contribution in [0.5, 0.6) is 0 Å². The minimum absolute atomic E-state index is 0.143. The van der Waals surface area contributed by atoms with Crippen LogP contribution in [0, 0.1) is 0 Å². The van der Waals surface area contributed by atoms with Crippen LogP contribution in [0.3, 0.4) is 0 Å². The van der Waals surface area contributed by atoms with Gasteiger partial charge in [0.15, 0.2) is 5.82 Å². The van der Waals surface area contributed by atoms with E-state index in [4.69, 9.17) is 11.5 Å². The van der Waals surface area contributed by atoms with Crippen molar-refractivity contribution in [3.05, 3.63) is 18.2 Å². The molecule has 0 aliphatic carbocycles. The Kier molecular flexibility index (Phi) is 3.03. The van der Waals surface area contributed by atoms with E-state index in [1.165, 1.54) is 0 Å². The van der Waals surface area contributed by atoms with E-state index < -0.39 is 0 Å². The van der Waals surface area contributed by atoms with Gasteiger partial charge >= 0.3 is 0 Å². The molecule has 0 spiro atoms. The topological polar surface area (TPSA) is 121 Å². The molecular formula is C9H14N8. The van der Waals surface area contributed by atoms with Gasteiger partial charge in [-0.25, -0.2) is 0 Å². The van der Waals surface area contributed by atoms with Gasteiger partial charge in [0.05, 0.1) is 6.54 Å². The summed E-state index contributed by atoms with van der Waals surface area (Å²) in [4.78, 5) is 7.79. The van der Waals surface area contributed by atoms with Gasteiger partial charge in [-0.2, -0.15) is 9.97 Å². The van der Waals surface area contributed by atoms with E-state index in [0.717, 1.165) is 12.4 Å². The average molecular weight is 234 g/mol. The maximum absolute atomic E-state index is 5.56. The molecule has 8 heteroatoms. The zero-order chi connectivity index (χ0) is 12.3. The minimum Gasteiger partial charge on any atom is -0.383 e. The summed E-state index contributed by atoms with van der Waals surface area (Å²) in [5.74, 6) is 1.87. The first kappa shape index (κ1) is 11.1. The average Bonchev–Trinajstić information content (AvgIpc) is 2.72. The number of anilines is 3. The number of nitrogens with zero attached hydrogens (tertiary/aromatic N) is 5. The summed E-state index contributed by atoms with van der Waals surface area (Å²) in [7, 11) is 0. The highest BCUT2D eigenvalue weighted by molar-refractivity contribution is 5.48. The zero-order valence-corrected chi connectivity index (χ0v) is 9.46. The number of hydrogen-bond acceptors (Lipinski definition) is 7. The molecule has 5 N–H and O–H groups in total. The Morgan fingerprint density at radius 3 is 2.88 bits per heavy atom. The van der Waals surface area contributed by atoms with Crippen molar-refractivity contribution in [3.63, 3.8) is 0 Å². The number of nitrogens with one attached hydrogen (secondary N) is 1. The van der Waals surface area contributed by atoms with Crippen molar-refractivity contribution in [3.8, 4) is 0 Å². The fourth-order valence-corrected chi connectivity index (χ4v) is 1.43. The highest BCUT2D eigenvalue weighted by Crippen LogP contribution is 2.10. The van der Waals surface area contributed by atoms with Crippen molar-refractivity contribution in [1.82, 2.24) is 24.7 Å². The summed E-state index contributed by atoms with van der Waals surface area (Å²) < 4.78 is 1.93. The molecule has 0 bridgehead atoms. The third-order valence-electron chi connectivity index (χ3n) is 2.23. The summed E-state index contributed by atoms with van der Waals surface area (Å²) in [5.41, 5.74) is 11.0. The molecule has 0 saturated heterocycles. The molecular weight excluding hydrogens is 220 g/mol. The lowest BCUT2D eigenvalue weighted by Crippen LogP contribution is -2.10. The summed E-state index contributed by atoms with van der Waals surface area (Å²) in [6.07, 6.45) is 1.68. The Morgan fingerprint density at radius 2 is 2.18 bits per heavy atom. The van der Waals surface area contributed by atoms with E-state index in [0.29, 0.717) is 18.2 Å². The second-order valence-corrected chi connectivity index (χ2v) is 3.42. The van der Waals surface area contributed by atoms with E-state index in [9.17, 15) is 0 Å². The van der Waals surface area contributed by atoms with Crippen molar-refractivity contribution < 1.29 is 0 Å². The van der Waals surface area contributed by atoms with E-state index in [-0.39, 0.29) is 5.95 Å². The number of hydrogen-bond donors (Lipinski definition) is 3. The van der Waals surface area contributed by atoms with Gasteiger partial charge in [-0.15, -0.1) is 10.2 Å². The molecule has 0 atom stereocenters. The molecule has 0 aliphatic heterocycles. The smallest absolute Gasteiger partial charge is 0.223 e. The van der Waals surface area contributed by atoms with Crippen LogP contribution in [0.25, 0.3) is 0 Å². The standard InChI is InChI=1S/C9H14N8/c1-2-17-5-13-16-8(17)4-12-7-3-6(10)14-9(11)15-7/h3,5H,2,4H2,1H3,(H5,10,11,12,14,15). The van der Waals surface area contributed by atoms with Gasteiger partial charge in [0.25, 0.3) is 0 Å². The third kappa shape index (κ3) is 2.60. The molecule has 0 amide bonds. The Bertz CT molecular complexity index is 485. The van der Waals surface area contributed by atoms with Crippen molar-refractivity contribution in [2.45, 2.75) is 20.0 Å². The van der Waals surface area contributed by atoms with E-state index >= 15 is 0 Å². The fourth-order valence-electron chi connectivity index (χ4n) is 1.43. The molecule has 0 aromatic carbocycles. The van der Waals surface area contributed by atoms with Gasteiger partial charge in [-0.3, -0.25) is 0 Å². The van der Waals surface area contributed by atoms with Crippen LogP contribution >= 0.6 is 0 Å². The molecule has 2 rings (SSSR count). The van der Waals surface area contributed by atoms with Crippen LogP contribution in [-0.4, -0.2) is 24.7 Å². The van der Waals surface area contributed by atoms with Crippen molar-refractivity contribution in [1.29, 1.82) is 0 Å². The molecule has 0 saturated carbocycles. The molecule has 2 aromatic rings. The van der Waals surface area contributed by atoms with E-state index in [2.05, 4.69) is 25.5 Å². The minimum atomic E-state index is 0.143. The predicted octanol–water partition coefficient (Wildman–Crippen LogP) is -0.136. The van der Waals surface area contributed by atoms with Crippen molar-refractivity contribution in [2.24, 2.45) is 0 Å². The lowest BCUT2D eigenvalue weighted by Gasteiger charge is -2.07. The summed E-state index contributed by atoms with van der Waals surface area (Å²) in [5, 5.41) is 10.9. The van der Waals surface area contributed by atoms with Gasteiger partial charge in [0.2, 0.25) is 5.95 Å². The maximum Gasteiger partial charge on any atom is 0.223 e. The second kappa shape index (κ2) is 4.64. The lowest BCUT2D eigenvalue weighted by atomic mass is 10.5. The Hall–Kier alpha value is -2.38. The molecule has 0 radical (unpaired) electrons. The molecule has 8 nitrogen and oxygen atoms in total. The van der Waals surface area contributed by atoms with Crippen molar-refractivity contribution in [2.75, 3.05) is 16.8 Å². The van der Waals surface area contributed by atoms with Crippen LogP contribution in [0.1, 0.15) is 12.7 Å². The first-order valence-corrected chi connectivity index (χ1v) is 5.19. The lowest BCUT2D eigenvalue weighted by molar-refractivity contribution is 0.707.